The summed E-state index contributed by atoms with van der Waals surface area (Å²) >= 11 is 0. The van der Waals surface area contributed by atoms with Crippen molar-refractivity contribution >= 4 is 5.95 Å². The van der Waals surface area contributed by atoms with Gasteiger partial charge < -0.3 is 4.90 Å². The van der Waals surface area contributed by atoms with E-state index in [9.17, 15) is 0 Å². The van der Waals surface area contributed by atoms with Gasteiger partial charge in [-0.05, 0) is 20.4 Å². The third kappa shape index (κ3) is 2.64. The largest absolute Gasteiger partial charge is 0.341 e. The van der Waals surface area contributed by atoms with E-state index in [0.29, 0.717) is 0 Å². The van der Waals surface area contributed by atoms with Crippen LogP contribution in [0, 0.1) is 0 Å². The van der Waals surface area contributed by atoms with Crippen LogP contribution in [0.3, 0.4) is 0 Å². The summed E-state index contributed by atoms with van der Waals surface area (Å²) in [4.78, 5) is 13.5. The van der Waals surface area contributed by atoms with Gasteiger partial charge in [-0.2, -0.15) is 0 Å². The summed E-state index contributed by atoms with van der Waals surface area (Å²) in [6.07, 6.45) is 5.01. The van der Waals surface area contributed by atoms with Crippen LogP contribution >= 0.6 is 0 Å². The summed E-state index contributed by atoms with van der Waals surface area (Å²) in [6.45, 7) is 9.46. The predicted octanol–water partition coefficient (Wildman–Crippen LogP) is 1.82. The zero-order valence-electron chi connectivity index (χ0n) is 10.7. The highest BCUT2D eigenvalue weighted by Gasteiger charge is 2.22. The Bertz CT molecular complexity index is 398. The van der Waals surface area contributed by atoms with Crippen LogP contribution in [0.5, 0.6) is 0 Å². The molecule has 92 valence electrons. The molecule has 0 saturated carbocycles. The van der Waals surface area contributed by atoms with Crippen molar-refractivity contribution < 1.29 is 0 Å². The third-order valence-electron chi connectivity index (χ3n) is 2.94. The van der Waals surface area contributed by atoms with E-state index in [1.807, 2.05) is 13.1 Å². The molecule has 1 aromatic rings. The van der Waals surface area contributed by atoms with Crippen molar-refractivity contribution in [3.63, 3.8) is 0 Å². The van der Waals surface area contributed by atoms with Crippen molar-refractivity contribution in [2.45, 2.75) is 26.4 Å². The minimum absolute atomic E-state index is 0.922. The molecule has 1 saturated heterocycles. The number of aromatic nitrogens is 2. The lowest BCUT2D eigenvalue weighted by molar-refractivity contribution is 0.351. The normalized spacial score (nSPS) is 17.9. The average molecular weight is 232 g/mol. The number of anilines is 1. The Morgan fingerprint density at radius 3 is 2.65 bits per heavy atom. The second-order valence-electron chi connectivity index (χ2n) is 4.56. The Hall–Kier alpha value is -1.42. The van der Waals surface area contributed by atoms with Crippen molar-refractivity contribution in [2.24, 2.45) is 0 Å². The first-order valence-corrected chi connectivity index (χ1v) is 6.10. The number of fused-ring (bicyclic) bond motifs is 1. The molecule has 0 atom stereocenters. The first kappa shape index (κ1) is 12.0. The summed E-state index contributed by atoms with van der Waals surface area (Å²) in [5.41, 5.74) is 2.50. The van der Waals surface area contributed by atoms with Crippen LogP contribution in [0.15, 0.2) is 18.9 Å². The molecule has 0 bridgehead atoms. The second-order valence-corrected chi connectivity index (χ2v) is 4.56. The zero-order valence-corrected chi connectivity index (χ0v) is 10.7. The predicted molar refractivity (Wildman–Crippen MR) is 69.9 cm³/mol. The van der Waals surface area contributed by atoms with E-state index in [4.69, 9.17) is 0 Å². The van der Waals surface area contributed by atoms with Gasteiger partial charge in [-0.25, -0.2) is 9.97 Å². The first-order valence-electron chi connectivity index (χ1n) is 6.10. The first-order chi connectivity index (χ1) is 8.24. The van der Waals surface area contributed by atoms with E-state index in [-0.39, 0.29) is 0 Å². The number of hydrogen-bond donors (Lipinski definition) is 0. The summed E-state index contributed by atoms with van der Waals surface area (Å²) in [5.74, 6) is 0.922. The smallest absolute Gasteiger partial charge is 0.225 e. The van der Waals surface area contributed by atoms with E-state index in [1.54, 1.807) is 6.08 Å². The number of hydrogen-bond acceptors (Lipinski definition) is 4. The number of allylic oxidation sites excluding steroid dienone is 1. The molecule has 1 fully saturated rings. The van der Waals surface area contributed by atoms with Gasteiger partial charge in [0.15, 0.2) is 0 Å². The molecular weight excluding hydrogens is 212 g/mol. The van der Waals surface area contributed by atoms with Gasteiger partial charge in [0.2, 0.25) is 5.95 Å². The van der Waals surface area contributed by atoms with Gasteiger partial charge in [0, 0.05) is 37.9 Å². The maximum atomic E-state index is 4.60. The Labute approximate surface area is 103 Å². The molecule has 0 N–H and O–H groups in total. The monoisotopic (exact) mass is 232 g/mol. The molecule has 0 aliphatic carbocycles. The second kappa shape index (κ2) is 5.27. The van der Waals surface area contributed by atoms with Crippen LogP contribution in [0.2, 0.25) is 0 Å². The quantitative estimate of drug-likeness (QED) is 0.691. The Morgan fingerprint density at radius 2 is 2.06 bits per heavy atom. The van der Waals surface area contributed by atoms with Gasteiger partial charge in [0.1, 0.15) is 0 Å². The topological polar surface area (TPSA) is 32.3 Å². The SMILES string of the molecule is C=CC.CN1Cc2cnc(N3CCC3)nc2C1. The molecule has 0 spiro atoms. The van der Waals surface area contributed by atoms with Crippen molar-refractivity contribution in [3.8, 4) is 0 Å². The van der Waals surface area contributed by atoms with Crippen molar-refractivity contribution in [3.05, 3.63) is 30.1 Å². The van der Waals surface area contributed by atoms with Gasteiger partial charge in [-0.3, -0.25) is 4.90 Å². The molecular formula is C13H20N4. The molecule has 0 aromatic carbocycles. The van der Waals surface area contributed by atoms with Crippen LogP contribution < -0.4 is 4.90 Å². The van der Waals surface area contributed by atoms with E-state index in [2.05, 4.69) is 33.4 Å². The summed E-state index contributed by atoms with van der Waals surface area (Å²) in [5, 5.41) is 0. The van der Waals surface area contributed by atoms with E-state index in [1.165, 1.54) is 17.7 Å². The van der Waals surface area contributed by atoms with Gasteiger partial charge in [-0.15, -0.1) is 6.58 Å². The lowest BCUT2D eigenvalue weighted by atomic mass is 10.2. The Balaban J connectivity index is 0.000000329. The number of rotatable bonds is 1. The fourth-order valence-corrected chi connectivity index (χ4v) is 1.97. The van der Waals surface area contributed by atoms with Gasteiger partial charge in [0.25, 0.3) is 0 Å². The maximum absolute atomic E-state index is 4.60. The molecule has 2 aliphatic rings. The molecule has 4 nitrogen and oxygen atoms in total. The summed E-state index contributed by atoms with van der Waals surface area (Å²) in [6, 6.07) is 0. The number of nitrogens with zero attached hydrogens (tertiary/aromatic N) is 4. The molecule has 17 heavy (non-hydrogen) atoms. The fourth-order valence-electron chi connectivity index (χ4n) is 1.97. The standard InChI is InChI=1S/C10H14N4.C3H6/c1-13-6-8-5-11-10(12-9(8)7-13)14-3-2-4-14;1-3-2/h5H,2-4,6-7H2,1H3;3H,1H2,2H3. The van der Waals surface area contributed by atoms with Crippen molar-refractivity contribution in [1.82, 2.24) is 14.9 Å². The van der Waals surface area contributed by atoms with Gasteiger partial charge >= 0.3 is 0 Å². The lowest BCUT2D eigenvalue weighted by Gasteiger charge is -2.30. The lowest BCUT2D eigenvalue weighted by Crippen LogP contribution is -2.38. The molecule has 4 heteroatoms. The minimum Gasteiger partial charge on any atom is -0.341 e. The zero-order chi connectivity index (χ0) is 12.3. The molecule has 3 heterocycles. The van der Waals surface area contributed by atoms with Crippen LogP contribution in [-0.2, 0) is 13.1 Å². The molecule has 1 aromatic heterocycles. The van der Waals surface area contributed by atoms with Crippen molar-refractivity contribution in [2.75, 3.05) is 25.0 Å². The molecule has 0 unspecified atom stereocenters. The minimum atomic E-state index is 0.922. The molecule has 0 radical (unpaired) electrons. The molecule has 3 rings (SSSR count). The average Bonchev–Trinajstić information content (AvgIpc) is 2.56. The van der Waals surface area contributed by atoms with Crippen LogP contribution in [-0.4, -0.2) is 35.0 Å². The van der Waals surface area contributed by atoms with Gasteiger partial charge in [-0.1, -0.05) is 6.08 Å². The van der Waals surface area contributed by atoms with Gasteiger partial charge in [0.05, 0.1) is 5.69 Å². The highest BCUT2D eigenvalue weighted by Crippen LogP contribution is 2.22. The maximum Gasteiger partial charge on any atom is 0.225 e. The Kier molecular flexibility index (Phi) is 3.74. The Morgan fingerprint density at radius 1 is 1.35 bits per heavy atom. The summed E-state index contributed by atoms with van der Waals surface area (Å²) < 4.78 is 0. The van der Waals surface area contributed by atoms with Crippen LogP contribution in [0.4, 0.5) is 5.95 Å². The van der Waals surface area contributed by atoms with Crippen LogP contribution in [0.1, 0.15) is 24.6 Å². The highest BCUT2D eigenvalue weighted by atomic mass is 15.3. The van der Waals surface area contributed by atoms with E-state index >= 15 is 0 Å². The third-order valence-corrected chi connectivity index (χ3v) is 2.94. The molecule has 0 amide bonds. The van der Waals surface area contributed by atoms with Crippen molar-refractivity contribution in [1.29, 1.82) is 0 Å². The summed E-state index contributed by atoms with van der Waals surface area (Å²) in [7, 11) is 2.12. The van der Waals surface area contributed by atoms with E-state index in [0.717, 1.165) is 32.1 Å². The fraction of sp³-hybridized carbons (Fsp3) is 0.538. The van der Waals surface area contributed by atoms with E-state index < -0.39 is 0 Å². The molecule has 2 aliphatic heterocycles. The highest BCUT2D eigenvalue weighted by molar-refractivity contribution is 5.36. The van der Waals surface area contributed by atoms with Crippen LogP contribution in [0.25, 0.3) is 0 Å².